The summed E-state index contributed by atoms with van der Waals surface area (Å²) in [6, 6.07) is 2.60. The van der Waals surface area contributed by atoms with E-state index in [-0.39, 0.29) is 18.1 Å². The number of allylic oxidation sites excluding steroid dienone is 1. The van der Waals surface area contributed by atoms with Crippen LogP contribution >= 0.6 is 11.3 Å². The Balaban J connectivity index is 2.88. The maximum atomic E-state index is 13.6. The Hall–Kier alpha value is -2.37. The fraction of sp³-hybridized carbons (Fsp3) is 0.471. The zero-order valence-corrected chi connectivity index (χ0v) is 15.9. The van der Waals surface area contributed by atoms with Gasteiger partial charge >= 0.3 is 24.3 Å². The topological polar surface area (TPSA) is 65.0 Å². The third-order valence-electron chi connectivity index (χ3n) is 3.87. The van der Waals surface area contributed by atoms with Gasteiger partial charge in [0, 0.05) is 10.8 Å². The van der Waals surface area contributed by atoms with Crippen LogP contribution in [-0.4, -0.2) is 43.2 Å². The van der Waals surface area contributed by atoms with E-state index in [1.54, 1.807) is 0 Å². The standard InChI is InChI=1S/C17H15F6NO4S/c1-3-27-14(25)10-9(8-6-5-7-29-8)11(15(26)28-4-2)13(17(21,22)23)24-12(10)16(18,19)20/h5-7,9-10H,3-4H2,1-2H3. The Bertz CT molecular complexity index is 826. The molecule has 2 rings (SSSR count). The number of hydrogen-bond acceptors (Lipinski definition) is 6. The molecule has 29 heavy (non-hydrogen) atoms. The molecular formula is C17H15F6NO4S. The third kappa shape index (κ3) is 4.80. The Morgan fingerprint density at radius 3 is 2.14 bits per heavy atom. The first kappa shape index (κ1) is 22.9. The second kappa shape index (κ2) is 8.56. The number of ether oxygens (including phenoxy) is 2. The van der Waals surface area contributed by atoms with Crippen LogP contribution in [0, 0.1) is 5.92 Å². The molecule has 0 fully saturated rings. The zero-order chi connectivity index (χ0) is 22.0. The predicted molar refractivity (Wildman–Crippen MR) is 90.4 cm³/mol. The van der Waals surface area contributed by atoms with Crippen molar-refractivity contribution in [1.82, 2.24) is 0 Å². The first-order valence-corrected chi connectivity index (χ1v) is 9.15. The first-order chi connectivity index (χ1) is 13.4. The van der Waals surface area contributed by atoms with Gasteiger partial charge in [0.25, 0.3) is 0 Å². The molecule has 1 aliphatic heterocycles. The van der Waals surface area contributed by atoms with Gasteiger partial charge in [0.05, 0.1) is 18.8 Å². The summed E-state index contributed by atoms with van der Waals surface area (Å²) in [6.07, 6.45) is -10.8. The van der Waals surface area contributed by atoms with Crippen molar-refractivity contribution < 1.29 is 45.4 Å². The van der Waals surface area contributed by atoms with Gasteiger partial charge < -0.3 is 9.47 Å². The third-order valence-corrected chi connectivity index (χ3v) is 4.83. The van der Waals surface area contributed by atoms with Crippen molar-refractivity contribution in [3.05, 3.63) is 33.7 Å². The highest BCUT2D eigenvalue weighted by molar-refractivity contribution is 7.10. The molecule has 1 aromatic rings. The largest absolute Gasteiger partial charge is 0.465 e. The van der Waals surface area contributed by atoms with Gasteiger partial charge in [-0.25, -0.2) is 9.79 Å². The number of aliphatic imine (C=N–C) groups is 1. The van der Waals surface area contributed by atoms with Crippen LogP contribution in [0.1, 0.15) is 24.6 Å². The van der Waals surface area contributed by atoms with Crippen LogP contribution in [0.3, 0.4) is 0 Å². The Labute approximate surface area is 165 Å². The molecule has 12 heteroatoms. The molecule has 2 heterocycles. The normalized spacial score (nSPS) is 20.3. The molecule has 5 nitrogen and oxygen atoms in total. The van der Waals surface area contributed by atoms with E-state index in [1.807, 2.05) is 0 Å². The average molecular weight is 443 g/mol. The number of carbonyl (C=O) groups excluding carboxylic acids is 2. The van der Waals surface area contributed by atoms with Crippen LogP contribution in [0.5, 0.6) is 0 Å². The van der Waals surface area contributed by atoms with Crippen molar-refractivity contribution in [2.24, 2.45) is 10.9 Å². The Morgan fingerprint density at radius 2 is 1.69 bits per heavy atom. The van der Waals surface area contributed by atoms with Crippen molar-refractivity contribution in [3.8, 4) is 0 Å². The molecule has 0 amide bonds. The van der Waals surface area contributed by atoms with E-state index < -0.39 is 53.1 Å². The van der Waals surface area contributed by atoms with Gasteiger partial charge in [0.1, 0.15) is 11.6 Å². The van der Waals surface area contributed by atoms with Crippen LogP contribution < -0.4 is 0 Å². The number of esters is 2. The number of carbonyl (C=O) groups is 2. The van der Waals surface area contributed by atoms with Gasteiger partial charge in [-0.15, -0.1) is 11.3 Å². The minimum atomic E-state index is -5.40. The van der Waals surface area contributed by atoms with Gasteiger partial charge in [-0.3, -0.25) is 4.79 Å². The molecule has 0 radical (unpaired) electrons. The smallest absolute Gasteiger partial charge is 0.433 e. The highest BCUT2D eigenvalue weighted by atomic mass is 32.1. The van der Waals surface area contributed by atoms with E-state index in [0.717, 1.165) is 11.3 Å². The second-order valence-electron chi connectivity index (χ2n) is 5.70. The van der Waals surface area contributed by atoms with Crippen LogP contribution in [0.25, 0.3) is 0 Å². The van der Waals surface area contributed by atoms with Crippen molar-refractivity contribution in [2.75, 3.05) is 13.2 Å². The molecule has 160 valence electrons. The van der Waals surface area contributed by atoms with Crippen LogP contribution in [0.4, 0.5) is 26.3 Å². The molecule has 2 atom stereocenters. The minimum absolute atomic E-state index is 0.0653. The molecular weight excluding hydrogens is 428 g/mol. The summed E-state index contributed by atoms with van der Waals surface area (Å²) < 4.78 is 90.9. The number of thiophene rings is 1. The highest BCUT2D eigenvalue weighted by Gasteiger charge is 2.56. The Morgan fingerprint density at radius 1 is 1.07 bits per heavy atom. The number of halogens is 6. The minimum Gasteiger partial charge on any atom is -0.465 e. The van der Waals surface area contributed by atoms with Crippen molar-refractivity contribution in [1.29, 1.82) is 0 Å². The lowest BCUT2D eigenvalue weighted by atomic mass is 9.78. The van der Waals surface area contributed by atoms with Crippen LogP contribution in [0.15, 0.2) is 33.8 Å². The SMILES string of the molecule is CCOC(=O)C1=C(C(F)(F)F)N=C(C(F)(F)F)C(C(=O)OCC)C1c1cccs1. The molecule has 0 aromatic carbocycles. The van der Waals surface area contributed by atoms with Gasteiger partial charge in [0.15, 0.2) is 5.70 Å². The zero-order valence-electron chi connectivity index (χ0n) is 15.1. The number of alkyl halides is 6. The van der Waals surface area contributed by atoms with Crippen molar-refractivity contribution in [2.45, 2.75) is 32.1 Å². The summed E-state index contributed by atoms with van der Waals surface area (Å²) in [5, 5.41) is 1.40. The van der Waals surface area contributed by atoms with Crippen molar-refractivity contribution >= 4 is 29.0 Å². The van der Waals surface area contributed by atoms with Crippen LogP contribution in [-0.2, 0) is 19.1 Å². The van der Waals surface area contributed by atoms with E-state index >= 15 is 0 Å². The van der Waals surface area contributed by atoms with Crippen LogP contribution in [0.2, 0.25) is 0 Å². The maximum Gasteiger partial charge on any atom is 0.433 e. The summed E-state index contributed by atoms with van der Waals surface area (Å²) in [5.41, 5.74) is -5.18. The van der Waals surface area contributed by atoms with Crippen molar-refractivity contribution in [3.63, 3.8) is 0 Å². The lowest BCUT2D eigenvalue weighted by Crippen LogP contribution is -2.45. The average Bonchev–Trinajstić information content (AvgIpc) is 3.12. The van der Waals surface area contributed by atoms with E-state index in [0.29, 0.717) is 0 Å². The molecule has 0 saturated heterocycles. The molecule has 1 aromatic heterocycles. The van der Waals surface area contributed by atoms with Gasteiger partial charge in [-0.05, 0) is 25.3 Å². The van der Waals surface area contributed by atoms with E-state index in [2.05, 4.69) is 14.5 Å². The maximum absolute atomic E-state index is 13.6. The van der Waals surface area contributed by atoms with Gasteiger partial charge in [-0.1, -0.05) is 6.07 Å². The number of hydrogen-bond donors (Lipinski definition) is 0. The first-order valence-electron chi connectivity index (χ1n) is 8.27. The van der Waals surface area contributed by atoms with E-state index in [9.17, 15) is 35.9 Å². The summed E-state index contributed by atoms with van der Waals surface area (Å²) in [5.74, 6) is -7.15. The monoisotopic (exact) mass is 443 g/mol. The quantitative estimate of drug-likeness (QED) is 0.500. The van der Waals surface area contributed by atoms with E-state index in [4.69, 9.17) is 0 Å². The molecule has 0 spiro atoms. The molecule has 1 aliphatic rings. The van der Waals surface area contributed by atoms with Gasteiger partial charge in [-0.2, -0.15) is 26.3 Å². The molecule has 0 aliphatic carbocycles. The fourth-order valence-corrected chi connectivity index (χ4v) is 3.74. The molecule has 0 N–H and O–H groups in total. The Kier molecular flexibility index (Phi) is 6.76. The lowest BCUT2D eigenvalue weighted by molar-refractivity contribution is -0.148. The molecule has 0 bridgehead atoms. The number of rotatable bonds is 5. The summed E-state index contributed by atoms with van der Waals surface area (Å²) in [6.45, 7) is 2.00. The summed E-state index contributed by atoms with van der Waals surface area (Å²) in [4.78, 5) is 27.4. The summed E-state index contributed by atoms with van der Waals surface area (Å²) >= 11 is 0.794. The van der Waals surface area contributed by atoms with E-state index in [1.165, 1.54) is 31.4 Å². The highest BCUT2D eigenvalue weighted by Crippen LogP contribution is 2.48. The lowest BCUT2D eigenvalue weighted by Gasteiger charge is -2.33. The molecule has 0 saturated carbocycles. The predicted octanol–water partition coefficient (Wildman–Crippen LogP) is 4.41. The molecule has 2 unspecified atom stereocenters. The fourth-order valence-electron chi connectivity index (χ4n) is 2.86. The van der Waals surface area contributed by atoms with Gasteiger partial charge in [0.2, 0.25) is 0 Å². The number of nitrogens with zero attached hydrogens (tertiary/aromatic N) is 1. The summed E-state index contributed by atoms with van der Waals surface area (Å²) in [7, 11) is 0. The second-order valence-corrected chi connectivity index (χ2v) is 6.68.